The third kappa shape index (κ3) is 3.94. The Kier molecular flexibility index (Phi) is 4.98. The predicted molar refractivity (Wildman–Crippen MR) is 94.4 cm³/mol. The molecule has 0 saturated carbocycles. The molecule has 0 saturated heterocycles. The summed E-state index contributed by atoms with van der Waals surface area (Å²) in [6.45, 7) is 0. The van der Waals surface area contributed by atoms with Gasteiger partial charge in [-0.15, -0.1) is 9.19 Å². The molecule has 2 aromatic carbocycles. The van der Waals surface area contributed by atoms with Gasteiger partial charge in [0.25, 0.3) is 10.0 Å². The fourth-order valence-corrected chi connectivity index (χ4v) is 4.08. The van der Waals surface area contributed by atoms with E-state index in [4.69, 9.17) is 17.3 Å². The summed E-state index contributed by atoms with van der Waals surface area (Å²) in [6, 6.07) is 11.6. The van der Waals surface area contributed by atoms with Gasteiger partial charge in [-0.1, -0.05) is 35.5 Å². The maximum absolute atomic E-state index is 13.0. The molecule has 0 atom stereocenters. The summed E-state index contributed by atoms with van der Waals surface area (Å²) in [5, 5.41) is 4.80. The van der Waals surface area contributed by atoms with Crippen LogP contribution in [0.2, 0.25) is 5.02 Å². The maximum Gasteiger partial charge on any atom is 0.286 e. The van der Waals surface area contributed by atoms with Gasteiger partial charge in [0.2, 0.25) is 11.1 Å². The van der Waals surface area contributed by atoms with Crippen molar-refractivity contribution in [3.05, 3.63) is 64.9 Å². The normalized spacial score (nSPS) is 11.6. The van der Waals surface area contributed by atoms with Crippen LogP contribution in [0, 0.1) is 5.82 Å². The Bertz CT molecular complexity index is 989. The SMILES string of the molecule is Nc1nc(SCc2ccc(Cl)cc2)nn1S(=O)(=O)c1ccc(F)cc1. The minimum atomic E-state index is -4.03. The second-order valence-electron chi connectivity index (χ2n) is 4.97. The molecule has 0 unspecified atom stereocenters. The number of nitrogens with two attached hydrogens (primary N) is 1. The van der Waals surface area contributed by atoms with Crippen LogP contribution in [0.4, 0.5) is 10.3 Å². The third-order valence-corrected chi connectivity index (χ3v) is 5.96. The number of thioether (sulfide) groups is 1. The van der Waals surface area contributed by atoms with Gasteiger partial charge in [0.05, 0.1) is 4.90 Å². The highest BCUT2D eigenvalue weighted by molar-refractivity contribution is 7.98. The van der Waals surface area contributed by atoms with Crippen LogP contribution >= 0.6 is 23.4 Å². The van der Waals surface area contributed by atoms with Gasteiger partial charge in [0.15, 0.2) is 0 Å². The molecule has 0 spiro atoms. The lowest BCUT2D eigenvalue weighted by Crippen LogP contribution is -2.17. The van der Waals surface area contributed by atoms with E-state index < -0.39 is 15.8 Å². The molecule has 0 bridgehead atoms. The minimum absolute atomic E-state index is 0.125. The van der Waals surface area contributed by atoms with Gasteiger partial charge in [0.1, 0.15) is 5.82 Å². The average Bonchev–Trinajstić information content (AvgIpc) is 2.96. The van der Waals surface area contributed by atoms with Crippen molar-refractivity contribution in [3.63, 3.8) is 0 Å². The number of nitrogens with zero attached hydrogens (tertiary/aromatic N) is 3. The van der Waals surface area contributed by atoms with E-state index in [-0.39, 0.29) is 16.0 Å². The zero-order valence-corrected chi connectivity index (χ0v) is 15.0. The highest BCUT2D eigenvalue weighted by atomic mass is 35.5. The maximum atomic E-state index is 13.0. The highest BCUT2D eigenvalue weighted by Gasteiger charge is 2.23. The predicted octanol–water partition coefficient (Wildman–Crippen LogP) is 3.18. The van der Waals surface area contributed by atoms with Gasteiger partial charge in [-0.25, -0.2) is 4.39 Å². The molecule has 1 aromatic heterocycles. The first-order valence-corrected chi connectivity index (χ1v) is 9.77. The van der Waals surface area contributed by atoms with Crippen LogP contribution in [0.5, 0.6) is 0 Å². The number of hydrogen-bond donors (Lipinski definition) is 1. The molecule has 0 aliphatic rings. The molecule has 6 nitrogen and oxygen atoms in total. The zero-order valence-electron chi connectivity index (χ0n) is 12.6. The van der Waals surface area contributed by atoms with E-state index in [2.05, 4.69) is 10.1 Å². The van der Waals surface area contributed by atoms with Crippen LogP contribution in [0.15, 0.2) is 58.6 Å². The number of benzene rings is 2. The molecular weight excluding hydrogens is 387 g/mol. The fraction of sp³-hybridized carbons (Fsp3) is 0.0667. The van der Waals surface area contributed by atoms with Gasteiger partial charge in [0, 0.05) is 10.8 Å². The van der Waals surface area contributed by atoms with Crippen LogP contribution in [0.3, 0.4) is 0 Å². The monoisotopic (exact) mass is 398 g/mol. The van der Waals surface area contributed by atoms with E-state index in [0.717, 1.165) is 29.8 Å². The second-order valence-corrected chi connectivity index (χ2v) is 8.12. The van der Waals surface area contributed by atoms with Crippen molar-refractivity contribution in [3.8, 4) is 0 Å². The first-order valence-electron chi connectivity index (χ1n) is 6.97. The first-order chi connectivity index (χ1) is 11.9. The Hall–Kier alpha value is -2.10. The number of nitrogen functional groups attached to an aromatic ring is 1. The molecule has 0 aliphatic heterocycles. The van der Waals surface area contributed by atoms with Gasteiger partial charge in [-0.2, -0.15) is 13.4 Å². The Morgan fingerprint density at radius 1 is 1.12 bits per heavy atom. The van der Waals surface area contributed by atoms with Crippen LogP contribution in [-0.4, -0.2) is 22.6 Å². The van der Waals surface area contributed by atoms with Crippen molar-refractivity contribution in [2.45, 2.75) is 15.8 Å². The summed E-state index contributed by atoms with van der Waals surface area (Å²) < 4.78 is 38.7. The molecule has 10 heteroatoms. The van der Waals surface area contributed by atoms with Crippen LogP contribution in [-0.2, 0) is 15.8 Å². The van der Waals surface area contributed by atoms with Crippen molar-refractivity contribution in [2.75, 3.05) is 5.73 Å². The first kappa shape index (κ1) is 17.7. The Balaban J connectivity index is 1.82. The summed E-state index contributed by atoms with van der Waals surface area (Å²) in [7, 11) is -4.03. The van der Waals surface area contributed by atoms with Gasteiger partial charge in [-0.05, 0) is 42.0 Å². The summed E-state index contributed by atoms with van der Waals surface area (Å²) >= 11 is 7.07. The number of hydrogen-bond acceptors (Lipinski definition) is 6. The van der Waals surface area contributed by atoms with E-state index in [1.807, 2.05) is 12.1 Å². The third-order valence-electron chi connectivity index (χ3n) is 3.20. The van der Waals surface area contributed by atoms with Crippen molar-refractivity contribution < 1.29 is 12.8 Å². The number of rotatable bonds is 5. The van der Waals surface area contributed by atoms with Crippen molar-refractivity contribution in [1.82, 2.24) is 14.2 Å². The highest BCUT2D eigenvalue weighted by Crippen LogP contribution is 2.24. The molecule has 0 amide bonds. The van der Waals surface area contributed by atoms with E-state index in [0.29, 0.717) is 14.9 Å². The lowest BCUT2D eigenvalue weighted by molar-refractivity contribution is 0.578. The van der Waals surface area contributed by atoms with E-state index in [9.17, 15) is 12.8 Å². The lowest BCUT2D eigenvalue weighted by Gasteiger charge is -2.04. The van der Waals surface area contributed by atoms with E-state index in [1.54, 1.807) is 12.1 Å². The molecule has 3 aromatic rings. The number of anilines is 1. The van der Waals surface area contributed by atoms with Gasteiger partial charge < -0.3 is 5.73 Å². The lowest BCUT2D eigenvalue weighted by atomic mass is 10.2. The molecule has 0 radical (unpaired) electrons. The average molecular weight is 399 g/mol. The number of halogens is 2. The molecule has 25 heavy (non-hydrogen) atoms. The second kappa shape index (κ2) is 7.03. The molecule has 0 aliphatic carbocycles. The van der Waals surface area contributed by atoms with Crippen LogP contribution in [0.1, 0.15) is 5.56 Å². The smallest absolute Gasteiger partial charge is 0.286 e. The topological polar surface area (TPSA) is 90.9 Å². The summed E-state index contributed by atoms with van der Waals surface area (Å²) in [5.74, 6) is -0.273. The molecule has 130 valence electrons. The zero-order chi connectivity index (χ0) is 18.0. The van der Waals surface area contributed by atoms with Gasteiger partial charge in [-0.3, -0.25) is 0 Å². The van der Waals surface area contributed by atoms with Crippen LogP contribution in [0.25, 0.3) is 0 Å². The Morgan fingerprint density at radius 3 is 2.40 bits per heavy atom. The van der Waals surface area contributed by atoms with Crippen LogP contribution < -0.4 is 5.73 Å². The van der Waals surface area contributed by atoms with Crippen molar-refractivity contribution >= 4 is 39.3 Å². The molecule has 2 N–H and O–H groups in total. The summed E-state index contributed by atoms with van der Waals surface area (Å²) in [6.07, 6.45) is 0. The Morgan fingerprint density at radius 2 is 1.76 bits per heavy atom. The standard InChI is InChI=1S/C15H12ClFN4O2S2/c16-11-3-1-10(2-4-11)9-24-15-19-14(18)21(20-15)25(22,23)13-7-5-12(17)6-8-13/h1-8H,9H2,(H2,18,19,20). The van der Waals surface area contributed by atoms with E-state index >= 15 is 0 Å². The molecule has 0 fully saturated rings. The van der Waals surface area contributed by atoms with Crippen molar-refractivity contribution in [1.29, 1.82) is 0 Å². The molecule has 3 rings (SSSR count). The minimum Gasteiger partial charge on any atom is -0.367 e. The van der Waals surface area contributed by atoms with E-state index in [1.165, 1.54) is 11.8 Å². The fourth-order valence-electron chi connectivity index (χ4n) is 1.96. The van der Waals surface area contributed by atoms with Gasteiger partial charge >= 0.3 is 0 Å². The summed E-state index contributed by atoms with van der Waals surface area (Å²) in [5.41, 5.74) is 6.67. The molecule has 1 heterocycles. The molecular formula is C15H12ClFN4O2S2. The largest absolute Gasteiger partial charge is 0.367 e. The quantitative estimate of drug-likeness (QED) is 0.664. The Labute approximate surface area is 152 Å². The number of aromatic nitrogens is 3. The van der Waals surface area contributed by atoms with Crippen molar-refractivity contribution in [2.24, 2.45) is 0 Å². The summed E-state index contributed by atoms with van der Waals surface area (Å²) in [4.78, 5) is 3.84.